The van der Waals surface area contributed by atoms with Gasteiger partial charge in [-0.2, -0.15) is 0 Å². The highest BCUT2D eigenvalue weighted by Crippen LogP contribution is 2.37. The van der Waals surface area contributed by atoms with Crippen molar-refractivity contribution in [1.29, 1.82) is 0 Å². The first kappa shape index (κ1) is 11.9. The number of methoxy groups -OCH3 is 1. The Labute approximate surface area is 97.1 Å². The van der Waals surface area contributed by atoms with Gasteiger partial charge in [-0.15, -0.1) is 0 Å². The minimum Gasteiger partial charge on any atom is -0.383 e. The summed E-state index contributed by atoms with van der Waals surface area (Å²) in [5.74, 6) is 1.45. The van der Waals surface area contributed by atoms with E-state index in [0.29, 0.717) is 12.5 Å². The van der Waals surface area contributed by atoms with Crippen molar-refractivity contribution in [1.82, 2.24) is 10.6 Å². The fourth-order valence-corrected chi connectivity index (χ4v) is 3.10. The Hall–Kier alpha value is -0.610. The maximum absolute atomic E-state index is 12.0. The van der Waals surface area contributed by atoms with Gasteiger partial charge in [-0.1, -0.05) is 6.42 Å². The quantitative estimate of drug-likeness (QED) is 0.735. The summed E-state index contributed by atoms with van der Waals surface area (Å²) in [5, 5.41) is 6.36. The number of ether oxygens (including phenoxy) is 1. The number of carbonyl (C=O) groups excluding carboxylic acids is 1. The topological polar surface area (TPSA) is 50.4 Å². The molecule has 0 spiro atoms. The highest BCUT2D eigenvalue weighted by molar-refractivity contribution is 5.82. The summed E-state index contributed by atoms with van der Waals surface area (Å²) in [6.07, 6.45) is 3.78. The minimum absolute atomic E-state index is 0.0341. The van der Waals surface area contributed by atoms with Crippen molar-refractivity contribution in [3.8, 4) is 0 Å². The van der Waals surface area contributed by atoms with Crippen molar-refractivity contribution in [2.75, 3.05) is 20.3 Å². The number of hydrogen-bond donors (Lipinski definition) is 2. The molecule has 1 saturated heterocycles. The van der Waals surface area contributed by atoms with Crippen LogP contribution >= 0.6 is 0 Å². The van der Waals surface area contributed by atoms with E-state index in [1.807, 2.05) is 6.92 Å². The molecule has 4 heteroatoms. The molecule has 0 bridgehead atoms. The van der Waals surface area contributed by atoms with Crippen LogP contribution in [0.1, 0.15) is 26.2 Å². The third kappa shape index (κ3) is 2.38. The lowest BCUT2D eigenvalue weighted by Crippen LogP contribution is -2.48. The monoisotopic (exact) mass is 226 g/mol. The Morgan fingerprint density at radius 3 is 3.12 bits per heavy atom. The molecule has 2 rings (SSSR count). The Morgan fingerprint density at radius 1 is 1.56 bits per heavy atom. The Kier molecular flexibility index (Phi) is 3.82. The van der Waals surface area contributed by atoms with Gasteiger partial charge in [0.2, 0.25) is 5.91 Å². The van der Waals surface area contributed by atoms with Gasteiger partial charge in [-0.05, 0) is 38.1 Å². The fourth-order valence-electron chi connectivity index (χ4n) is 3.10. The number of amides is 1. The van der Waals surface area contributed by atoms with E-state index in [2.05, 4.69) is 10.6 Å². The van der Waals surface area contributed by atoms with Crippen LogP contribution in [0.4, 0.5) is 0 Å². The van der Waals surface area contributed by atoms with Crippen molar-refractivity contribution in [3.63, 3.8) is 0 Å². The molecule has 1 aliphatic carbocycles. The average molecular weight is 226 g/mol. The van der Waals surface area contributed by atoms with Gasteiger partial charge in [0.05, 0.1) is 12.6 Å². The lowest BCUT2D eigenvalue weighted by Gasteiger charge is -2.20. The van der Waals surface area contributed by atoms with Gasteiger partial charge >= 0.3 is 0 Å². The van der Waals surface area contributed by atoms with Crippen molar-refractivity contribution in [2.24, 2.45) is 11.8 Å². The molecule has 4 nitrogen and oxygen atoms in total. The standard InChI is InChI=1S/C12H22N2O2/c1-8(7-16-2)14-12(15)11-10-5-3-4-9(10)6-13-11/h8-11,13H,3-7H2,1-2H3,(H,14,15). The van der Waals surface area contributed by atoms with Crippen LogP contribution < -0.4 is 10.6 Å². The first-order chi connectivity index (χ1) is 7.72. The Balaban J connectivity index is 1.85. The molecule has 1 saturated carbocycles. The highest BCUT2D eigenvalue weighted by atomic mass is 16.5. The third-order valence-electron chi connectivity index (χ3n) is 3.83. The smallest absolute Gasteiger partial charge is 0.237 e. The van der Waals surface area contributed by atoms with Crippen LogP contribution in [0.3, 0.4) is 0 Å². The lowest BCUT2D eigenvalue weighted by molar-refractivity contribution is -0.124. The molecular formula is C12H22N2O2. The van der Waals surface area contributed by atoms with Crippen LogP contribution in [0.25, 0.3) is 0 Å². The Morgan fingerprint density at radius 2 is 2.38 bits per heavy atom. The van der Waals surface area contributed by atoms with Gasteiger partial charge in [-0.3, -0.25) is 4.79 Å². The van der Waals surface area contributed by atoms with E-state index in [4.69, 9.17) is 4.74 Å². The molecule has 1 aliphatic heterocycles. The molecule has 0 radical (unpaired) electrons. The van der Waals surface area contributed by atoms with E-state index in [1.165, 1.54) is 19.3 Å². The van der Waals surface area contributed by atoms with Gasteiger partial charge in [-0.25, -0.2) is 0 Å². The number of carbonyl (C=O) groups is 1. The number of rotatable bonds is 4. The van der Waals surface area contributed by atoms with Gasteiger partial charge in [0.15, 0.2) is 0 Å². The van der Waals surface area contributed by atoms with Gasteiger partial charge in [0.25, 0.3) is 0 Å². The molecule has 2 aliphatic rings. The van der Waals surface area contributed by atoms with Crippen molar-refractivity contribution in [2.45, 2.75) is 38.3 Å². The second-order valence-electron chi connectivity index (χ2n) is 5.11. The van der Waals surface area contributed by atoms with E-state index in [0.717, 1.165) is 12.5 Å². The van der Waals surface area contributed by atoms with Crippen LogP contribution in [0.5, 0.6) is 0 Å². The highest BCUT2D eigenvalue weighted by Gasteiger charge is 2.42. The molecule has 2 N–H and O–H groups in total. The summed E-state index contributed by atoms with van der Waals surface area (Å²) in [4.78, 5) is 12.0. The molecule has 92 valence electrons. The zero-order chi connectivity index (χ0) is 11.5. The van der Waals surface area contributed by atoms with Crippen LogP contribution in [0.2, 0.25) is 0 Å². The number of hydrogen-bond acceptors (Lipinski definition) is 3. The lowest BCUT2D eigenvalue weighted by atomic mass is 9.93. The molecular weight excluding hydrogens is 204 g/mol. The molecule has 4 atom stereocenters. The molecule has 16 heavy (non-hydrogen) atoms. The maximum atomic E-state index is 12.0. The summed E-state index contributed by atoms with van der Waals surface area (Å²) < 4.78 is 5.02. The van der Waals surface area contributed by atoms with Crippen molar-refractivity contribution < 1.29 is 9.53 Å². The van der Waals surface area contributed by atoms with Gasteiger partial charge < -0.3 is 15.4 Å². The van der Waals surface area contributed by atoms with Crippen LogP contribution in [0.15, 0.2) is 0 Å². The zero-order valence-electron chi connectivity index (χ0n) is 10.2. The molecule has 4 unspecified atom stereocenters. The summed E-state index contributed by atoms with van der Waals surface area (Å²) in [6.45, 7) is 3.57. The predicted octanol–water partition coefficient (Wildman–Crippen LogP) is 0.526. The molecule has 1 amide bonds. The largest absolute Gasteiger partial charge is 0.383 e. The second-order valence-corrected chi connectivity index (χ2v) is 5.11. The number of fused-ring (bicyclic) bond motifs is 1. The summed E-state index contributed by atoms with van der Waals surface area (Å²) in [6, 6.07) is 0.131. The molecule has 0 aromatic carbocycles. The van der Waals surface area contributed by atoms with E-state index >= 15 is 0 Å². The van der Waals surface area contributed by atoms with E-state index < -0.39 is 0 Å². The van der Waals surface area contributed by atoms with Gasteiger partial charge in [0.1, 0.15) is 0 Å². The van der Waals surface area contributed by atoms with Crippen LogP contribution in [-0.2, 0) is 9.53 Å². The second kappa shape index (κ2) is 5.15. The van der Waals surface area contributed by atoms with E-state index in [1.54, 1.807) is 7.11 Å². The van der Waals surface area contributed by atoms with Crippen LogP contribution in [-0.4, -0.2) is 38.3 Å². The van der Waals surface area contributed by atoms with Gasteiger partial charge in [0, 0.05) is 13.2 Å². The third-order valence-corrected chi connectivity index (χ3v) is 3.83. The first-order valence-corrected chi connectivity index (χ1v) is 6.25. The maximum Gasteiger partial charge on any atom is 0.237 e. The summed E-state index contributed by atoms with van der Waals surface area (Å²) in [5.41, 5.74) is 0. The fraction of sp³-hybridized carbons (Fsp3) is 0.917. The number of nitrogens with one attached hydrogen (secondary N) is 2. The van der Waals surface area contributed by atoms with Crippen molar-refractivity contribution >= 4 is 5.91 Å². The molecule has 2 fully saturated rings. The molecule has 0 aromatic rings. The molecule has 0 aromatic heterocycles. The predicted molar refractivity (Wildman–Crippen MR) is 62.1 cm³/mol. The minimum atomic E-state index is 0.0341. The SMILES string of the molecule is COCC(C)NC(=O)C1NCC2CCCC21. The normalized spacial score (nSPS) is 34.8. The summed E-state index contributed by atoms with van der Waals surface area (Å²) in [7, 11) is 1.66. The van der Waals surface area contributed by atoms with E-state index in [-0.39, 0.29) is 18.0 Å². The van der Waals surface area contributed by atoms with E-state index in [9.17, 15) is 4.79 Å². The van der Waals surface area contributed by atoms with Crippen LogP contribution in [0, 0.1) is 11.8 Å². The van der Waals surface area contributed by atoms with Crippen molar-refractivity contribution in [3.05, 3.63) is 0 Å². The summed E-state index contributed by atoms with van der Waals surface area (Å²) >= 11 is 0. The molecule has 1 heterocycles. The zero-order valence-corrected chi connectivity index (χ0v) is 10.2. The first-order valence-electron chi connectivity index (χ1n) is 6.25. The Bertz CT molecular complexity index is 257. The average Bonchev–Trinajstić information content (AvgIpc) is 2.77.